The van der Waals surface area contributed by atoms with Crippen LogP contribution in [0.5, 0.6) is 40.2 Å². The highest BCUT2D eigenvalue weighted by molar-refractivity contribution is 5.88. The Labute approximate surface area is 842 Å². The van der Waals surface area contributed by atoms with Crippen LogP contribution in [0.3, 0.4) is 0 Å². The summed E-state index contributed by atoms with van der Waals surface area (Å²) >= 11 is 0. The molecule has 19 rings (SSSR count). The van der Waals surface area contributed by atoms with Gasteiger partial charge in [-0.2, -0.15) is 38.8 Å². The maximum atomic E-state index is 13.4. The number of nitrogens with two attached hydrogens (primary N) is 2. The van der Waals surface area contributed by atoms with Gasteiger partial charge in [0.2, 0.25) is 0 Å². The molecule has 10 aromatic carbocycles. The van der Waals surface area contributed by atoms with E-state index in [9.17, 15) is 23.5 Å². The maximum Gasteiger partial charge on any atom is 0.418 e. The Kier molecular flexibility index (Phi) is 32.1. The molecule has 146 heavy (non-hydrogen) atoms. The van der Waals surface area contributed by atoms with Crippen molar-refractivity contribution in [2.24, 2.45) is 39.8 Å². The quantitative estimate of drug-likeness (QED) is 0.0278. The molecular weight excluding hydrogens is 1850 g/mol. The lowest BCUT2D eigenvalue weighted by Crippen LogP contribution is -2.23. The number of nitrogen functional groups attached to an aromatic ring is 1. The van der Waals surface area contributed by atoms with Gasteiger partial charge in [-0.05, 0) is 178 Å². The van der Waals surface area contributed by atoms with Crippen molar-refractivity contribution in [1.29, 1.82) is 5.26 Å². The molecule has 8 heterocycles. The molecule has 0 radical (unpaired) electrons. The zero-order valence-corrected chi connectivity index (χ0v) is 83.0. The number of alkyl halides is 3. The third kappa shape index (κ3) is 25.1. The number of aromatic nitrogens is 16. The highest BCUT2D eigenvalue weighted by Crippen LogP contribution is 2.47. The lowest BCUT2D eigenvalue weighted by molar-refractivity contribution is -0.207. The first kappa shape index (κ1) is 101. The lowest BCUT2D eigenvalue weighted by Gasteiger charge is -2.28. The monoisotopic (exact) mass is 1960 g/mol. The molecule has 1 atom stereocenters. The first-order valence-electron chi connectivity index (χ1n) is 46.8. The summed E-state index contributed by atoms with van der Waals surface area (Å²) in [7, 11) is 20.3. The Hall–Kier alpha value is -17.7. The van der Waals surface area contributed by atoms with Crippen molar-refractivity contribution in [3.63, 3.8) is 0 Å². The lowest BCUT2D eigenvalue weighted by atomic mass is 10.0. The van der Waals surface area contributed by atoms with E-state index in [0.717, 1.165) is 149 Å². The first-order chi connectivity index (χ1) is 70.7. The molecule has 35 heteroatoms. The molecule has 8 aromatic heterocycles. The number of hydrogen-bond donors (Lipinski definition) is 3. The molecule has 0 aliphatic heterocycles. The number of methoxy groups -OCH3 is 7. The maximum absolute atomic E-state index is 13.4. The molecule has 0 saturated heterocycles. The Morgan fingerprint density at radius 1 is 0.425 bits per heavy atom. The molecule has 1 saturated carbocycles. The van der Waals surface area contributed by atoms with Crippen molar-refractivity contribution >= 4 is 95.3 Å². The van der Waals surface area contributed by atoms with Gasteiger partial charge in [-0.3, -0.25) is 38.7 Å². The zero-order valence-electron chi connectivity index (χ0n) is 83.0. The highest BCUT2D eigenvalue weighted by Gasteiger charge is 2.43. The fourth-order valence-electron chi connectivity index (χ4n) is 16.2. The van der Waals surface area contributed by atoms with Crippen molar-refractivity contribution in [3.05, 3.63) is 290 Å². The van der Waals surface area contributed by atoms with Crippen molar-refractivity contribution in [1.82, 2.24) is 83.9 Å². The Morgan fingerprint density at radius 3 is 1.15 bits per heavy atom. The normalized spacial score (nSPS) is 11.7. The average Bonchev–Trinajstić information content (AvgIpc) is 1.67. The molecule has 0 bridgehead atoms. The number of halogens is 3. The van der Waals surface area contributed by atoms with Crippen LogP contribution in [-0.2, 0) is 34.7 Å². The molecule has 1 aliphatic carbocycles. The fraction of sp³-hybridized carbons (Fsp3) is 0.234. The van der Waals surface area contributed by atoms with Gasteiger partial charge in [0.05, 0.1) is 197 Å². The summed E-state index contributed by atoms with van der Waals surface area (Å²) in [6.07, 6.45) is 17.2. The van der Waals surface area contributed by atoms with Gasteiger partial charge in [-0.1, -0.05) is 36.7 Å². The van der Waals surface area contributed by atoms with Crippen molar-refractivity contribution in [2.75, 3.05) is 121 Å². The van der Waals surface area contributed by atoms with E-state index in [1.807, 2.05) is 198 Å². The minimum absolute atomic E-state index is 0.156. The average molecular weight is 1960 g/mol. The molecule has 1 aliphatic rings. The molecule has 32 nitrogen and oxygen atoms in total. The van der Waals surface area contributed by atoms with Crippen LogP contribution in [0, 0.1) is 40.9 Å². The van der Waals surface area contributed by atoms with Gasteiger partial charge in [0, 0.05) is 212 Å². The van der Waals surface area contributed by atoms with Crippen molar-refractivity contribution in [2.45, 2.75) is 45.0 Å². The highest BCUT2D eigenvalue weighted by atomic mass is 19.4. The third-order valence-electron chi connectivity index (χ3n) is 24.1. The van der Waals surface area contributed by atoms with Gasteiger partial charge in [0.25, 0.3) is 0 Å². The zero-order chi connectivity index (χ0) is 103. The summed E-state index contributed by atoms with van der Waals surface area (Å²) in [5, 5.41) is 36.1. The minimum Gasteiger partial charge on any atom is -0.497 e. The number of anilines is 9. The second kappa shape index (κ2) is 46.3. The third-order valence-corrected chi connectivity index (χ3v) is 24.1. The number of nitrogens with zero attached hydrogens (tertiary/aromatic N) is 22. The smallest absolute Gasteiger partial charge is 0.418 e. The van der Waals surface area contributed by atoms with Gasteiger partial charge in [0.15, 0.2) is 6.10 Å². The number of aryl methyl sites for hydroxylation is 4. The van der Waals surface area contributed by atoms with Crippen molar-refractivity contribution < 1.29 is 51.4 Å². The van der Waals surface area contributed by atoms with E-state index in [0.29, 0.717) is 95.0 Å². The standard InChI is InChI=1S/C30H24N6O2.C29H26N6O2.C27H32N6O.C25H27F3N6O3/c1-35-20-23(18-33-35)30-19-32-28-10-9-24(15-29(28)34-30)36(25-13-26(37-2)16-27(14-25)38-3)11-5-8-21-6-4-7-22(12-21)17-31;1-34-19-21(17-32-34)29-18-31-27-11-10-23(15-28(27)33-29)35(12-4-5-20-6-8-22(30)9-7-20)24-13-25(36-2)16-26(14-24)37-3;1-5-31(2)16-20-10-23(12-24(11-20)34-4)33(17-19-6-7-19)22-8-9-25-26(13-22)30-27(15-28-25)21-14-29-32(3)18-21;1-33-14-15(12-31-33)20-13-30-18-6-5-16(9-19(18)32-20)34(8-4-7-29)17-10-21(36-2)23(22(11-17)37-3)24(35)25(26,27)28/h4,6-7,9-10,12-16,18-20H,11H2,1-3H3;6-11,13-19H,12,30H2,1-3H3;8-15,18-19H,5-7,16-17H2,1-4H3;5-6,9-14,24,35H,4,7-8,29H2,1-3H3. The molecule has 0 amide bonds. The molecule has 5 N–H and O–H groups in total. The summed E-state index contributed by atoms with van der Waals surface area (Å²) in [4.78, 5) is 48.5. The second-order valence-corrected chi connectivity index (χ2v) is 34.5. The van der Waals surface area contributed by atoms with E-state index >= 15 is 0 Å². The summed E-state index contributed by atoms with van der Waals surface area (Å²) in [6, 6.07) is 61.6. The predicted octanol–water partition coefficient (Wildman–Crippen LogP) is 19.1. The van der Waals surface area contributed by atoms with E-state index in [4.69, 9.17) is 64.6 Å². The van der Waals surface area contributed by atoms with Gasteiger partial charge < -0.3 is 74.2 Å². The van der Waals surface area contributed by atoms with E-state index < -0.39 is 17.8 Å². The number of nitriles is 1. The number of ether oxygens (including phenoxy) is 7. The van der Waals surface area contributed by atoms with Crippen LogP contribution in [0.15, 0.2) is 262 Å². The van der Waals surface area contributed by atoms with E-state index in [1.165, 1.54) is 44.8 Å². The van der Waals surface area contributed by atoms with E-state index in [1.54, 1.807) is 104 Å². The summed E-state index contributed by atoms with van der Waals surface area (Å²) < 4.78 is 85.3. The van der Waals surface area contributed by atoms with Crippen LogP contribution < -0.4 is 64.2 Å². The van der Waals surface area contributed by atoms with Gasteiger partial charge in [-0.15, -0.1) is 0 Å². The van der Waals surface area contributed by atoms with E-state index in [2.05, 4.69) is 140 Å². The van der Waals surface area contributed by atoms with Gasteiger partial charge >= 0.3 is 6.18 Å². The molecule has 742 valence electrons. The second-order valence-electron chi connectivity index (χ2n) is 34.5. The summed E-state index contributed by atoms with van der Waals surface area (Å²) in [6.45, 7) is 6.68. The summed E-state index contributed by atoms with van der Waals surface area (Å²) in [5.41, 5.74) is 35.0. The molecular formula is C111H109F3N24O8. The van der Waals surface area contributed by atoms with Crippen LogP contribution in [0.1, 0.15) is 60.1 Å². The predicted molar refractivity (Wildman–Crippen MR) is 562 cm³/mol. The van der Waals surface area contributed by atoms with Crippen molar-refractivity contribution in [3.8, 4) is 115 Å². The topological polar surface area (TPSA) is 351 Å². The number of aliphatic hydroxyl groups excluding tert-OH is 1. The number of hydrogen-bond acceptors (Lipinski definition) is 28. The van der Waals surface area contributed by atoms with Crippen LogP contribution in [0.4, 0.5) is 64.4 Å². The molecule has 0 spiro atoms. The minimum atomic E-state index is -4.90. The molecule has 1 unspecified atom stereocenters. The number of aliphatic hydroxyl groups is 1. The van der Waals surface area contributed by atoms with Gasteiger partial charge in [-0.25, -0.2) is 19.9 Å². The van der Waals surface area contributed by atoms with Gasteiger partial charge in [0.1, 0.15) is 40.2 Å². The largest absolute Gasteiger partial charge is 0.497 e. The number of benzene rings is 10. The fourth-order valence-corrected chi connectivity index (χ4v) is 16.2. The van der Waals surface area contributed by atoms with Crippen LogP contribution in [0.2, 0.25) is 0 Å². The Bertz CT molecular complexity index is 7780. The summed E-state index contributed by atoms with van der Waals surface area (Å²) in [5.74, 6) is 16.9. The Morgan fingerprint density at radius 2 is 0.795 bits per heavy atom. The number of rotatable bonds is 30. The molecule has 1 fully saturated rings. The van der Waals surface area contributed by atoms with Crippen LogP contribution >= 0.6 is 0 Å². The van der Waals surface area contributed by atoms with Crippen LogP contribution in [-0.4, -0.2) is 191 Å². The SMILES string of the molecule is CCN(C)Cc1cc(OC)cc(N(CC2CC2)c2ccc3ncc(-c4cnn(C)c4)nc3c2)c1.COc1cc(N(CCCN)c2ccc3ncc(-c4cnn(C)c4)nc3c2)cc(OC)c1C(O)C(F)(F)F.COc1cc(OC)cc(N(CC#Cc2ccc(N)cc2)c2ccc3ncc(-c4cnn(C)c4)nc3c2)c1.COc1cc(OC)cc(N(CC#Cc2cccc(C#N)c2)c2ccc3ncc(-c4cnn(C)c4)nc3c2)c1. The Balaban J connectivity index is 0.000000139. The molecule has 18 aromatic rings. The first-order valence-corrected chi connectivity index (χ1v) is 46.8. The number of fused-ring (bicyclic) bond motifs is 4. The van der Waals surface area contributed by atoms with Crippen LogP contribution in [0.25, 0.3) is 89.2 Å². The van der Waals surface area contributed by atoms with E-state index in [-0.39, 0.29) is 11.5 Å².